The average Bonchev–Trinajstić information content (AvgIpc) is 2.35. The monoisotopic (exact) mass is 294 g/mol. The Hall–Kier alpha value is -2.08. The number of amides is 1. The predicted molar refractivity (Wildman–Crippen MR) is 78.9 cm³/mol. The Morgan fingerprint density at radius 2 is 1.81 bits per heavy atom. The minimum Gasteiger partial charge on any atom is -0.484 e. The van der Waals surface area contributed by atoms with Crippen molar-refractivity contribution in [2.75, 3.05) is 13.2 Å². The molecule has 0 heterocycles. The van der Waals surface area contributed by atoms with E-state index in [-0.39, 0.29) is 18.7 Å². The van der Waals surface area contributed by atoms with Crippen molar-refractivity contribution >= 4 is 11.9 Å². The lowest BCUT2D eigenvalue weighted by molar-refractivity contribution is -0.140. The van der Waals surface area contributed by atoms with E-state index in [1.165, 1.54) is 0 Å². The highest BCUT2D eigenvalue weighted by atomic mass is 16.5. The fourth-order valence-electron chi connectivity index (χ4n) is 1.76. The van der Waals surface area contributed by atoms with E-state index in [9.17, 15) is 9.59 Å². The molecule has 0 atom stereocenters. The van der Waals surface area contributed by atoms with Gasteiger partial charge in [0.2, 0.25) is 0 Å². The van der Waals surface area contributed by atoms with Crippen LogP contribution >= 0.6 is 0 Å². The van der Waals surface area contributed by atoms with E-state index >= 15 is 0 Å². The SMILES string of the molecule is CC(C)(C)N(CC(=O)O)Cc1ccc(OCC(N)=O)cc1. The molecule has 1 aromatic carbocycles. The number of aliphatic carboxylic acids is 1. The Kier molecular flexibility index (Phi) is 5.72. The third-order valence-corrected chi connectivity index (χ3v) is 2.95. The molecule has 1 rings (SSSR count). The Labute approximate surface area is 124 Å². The van der Waals surface area contributed by atoms with Gasteiger partial charge in [-0.3, -0.25) is 14.5 Å². The molecule has 0 aromatic heterocycles. The van der Waals surface area contributed by atoms with Crippen molar-refractivity contribution in [2.24, 2.45) is 5.73 Å². The molecule has 0 unspecified atom stereocenters. The van der Waals surface area contributed by atoms with Crippen molar-refractivity contribution in [1.29, 1.82) is 0 Å². The number of carbonyl (C=O) groups is 2. The van der Waals surface area contributed by atoms with Crippen LogP contribution in [-0.4, -0.2) is 40.6 Å². The molecule has 0 aliphatic heterocycles. The van der Waals surface area contributed by atoms with Gasteiger partial charge in [-0.05, 0) is 38.5 Å². The van der Waals surface area contributed by atoms with Gasteiger partial charge < -0.3 is 15.6 Å². The molecule has 1 aromatic rings. The summed E-state index contributed by atoms with van der Waals surface area (Å²) in [6.45, 7) is 6.25. The summed E-state index contributed by atoms with van der Waals surface area (Å²) in [5.74, 6) is -0.830. The van der Waals surface area contributed by atoms with Crippen molar-refractivity contribution in [1.82, 2.24) is 4.90 Å². The molecule has 0 aliphatic carbocycles. The molecule has 3 N–H and O–H groups in total. The average molecular weight is 294 g/mol. The van der Waals surface area contributed by atoms with Crippen LogP contribution in [0.5, 0.6) is 5.75 Å². The number of ether oxygens (including phenoxy) is 1. The van der Waals surface area contributed by atoms with Crippen molar-refractivity contribution < 1.29 is 19.4 Å². The number of nitrogens with two attached hydrogens (primary N) is 1. The minimum atomic E-state index is -0.855. The highest BCUT2D eigenvalue weighted by Gasteiger charge is 2.23. The van der Waals surface area contributed by atoms with E-state index in [0.717, 1.165) is 5.56 Å². The summed E-state index contributed by atoms with van der Waals surface area (Å²) in [5.41, 5.74) is 5.72. The predicted octanol–water partition coefficient (Wildman–Crippen LogP) is 1.24. The van der Waals surface area contributed by atoms with Gasteiger partial charge in [-0.1, -0.05) is 12.1 Å². The standard InChI is InChI=1S/C15H22N2O4/c1-15(2,3)17(9-14(19)20)8-11-4-6-12(7-5-11)21-10-13(16)18/h4-7H,8-10H2,1-3H3,(H2,16,18)(H,19,20). The van der Waals surface area contributed by atoms with Gasteiger partial charge in [0, 0.05) is 12.1 Å². The van der Waals surface area contributed by atoms with Crippen molar-refractivity contribution in [3.8, 4) is 5.75 Å². The first-order valence-electron chi connectivity index (χ1n) is 6.65. The van der Waals surface area contributed by atoms with E-state index in [2.05, 4.69) is 0 Å². The second kappa shape index (κ2) is 7.08. The number of primary amides is 1. The Bertz CT molecular complexity index is 491. The zero-order chi connectivity index (χ0) is 16.0. The van der Waals surface area contributed by atoms with Gasteiger partial charge in [-0.15, -0.1) is 0 Å². The van der Waals surface area contributed by atoms with Crippen LogP contribution in [0, 0.1) is 0 Å². The number of carboxylic acids is 1. The van der Waals surface area contributed by atoms with Gasteiger partial charge in [-0.2, -0.15) is 0 Å². The van der Waals surface area contributed by atoms with Crippen molar-refractivity contribution in [3.63, 3.8) is 0 Å². The molecule has 1 amide bonds. The van der Waals surface area contributed by atoms with Crippen molar-refractivity contribution in [3.05, 3.63) is 29.8 Å². The summed E-state index contributed by atoms with van der Waals surface area (Å²) in [7, 11) is 0. The Balaban J connectivity index is 2.71. The van der Waals surface area contributed by atoms with Gasteiger partial charge in [-0.25, -0.2) is 0 Å². The quantitative estimate of drug-likeness (QED) is 0.789. The van der Waals surface area contributed by atoms with Crippen LogP contribution in [0.3, 0.4) is 0 Å². The van der Waals surface area contributed by atoms with E-state index < -0.39 is 11.9 Å². The Morgan fingerprint density at radius 1 is 1.24 bits per heavy atom. The first-order valence-corrected chi connectivity index (χ1v) is 6.65. The molecular formula is C15H22N2O4. The lowest BCUT2D eigenvalue weighted by Crippen LogP contribution is -2.43. The maximum Gasteiger partial charge on any atom is 0.317 e. The van der Waals surface area contributed by atoms with Crippen LogP contribution in [0.4, 0.5) is 0 Å². The first-order chi connectivity index (χ1) is 9.68. The zero-order valence-corrected chi connectivity index (χ0v) is 12.6. The summed E-state index contributed by atoms with van der Waals surface area (Å²) in [5, 5.41) is 8.99. The molecule has 6 nitrogen and oxygen atoms in total. The third kappa shape index (κ3) is 6.27. The lowest BCUT2D eigenvalue weighted by Gasteiger charge is -2.34. The van der Waals surface area contributed by atoms with Gasteiger partial charge >= 0.3 is 5.97 Å². The number of nitrogens with zero attached hydrogens (tertiary/aromatic N) is 1. The number of hydrogen-bond donors (Lipinski definition) is 2. The van der Waals surface area contributed by atoms with Crippen LogP contribution < -0.4 is 10.5 Å². The fourth-order valence-corrected chi connectivity index (χ4v) is 1.76. The van der Waals surface area contributed by atoms with Gasteiger partial charge in [0.05, 0.1) is 6.54 Å². The van der Waals surface area contributed by atoms with E-state index in [1.807, 2.05) is 37.8 Å². The molecule has 0 fully saturated rings. The van der Waals surface area contributed by atoms with E-state index in [0.29, 0.717) is 12.3 Å². The number of rotatable bonds is 7. The maximum atomic E-state index is 10.9. The molecule has 0 saturated heterocycles. The lowest BCUT2D eigenvalue weighted by atomic mass is 10.0. The van der Waals surface area contributed by atoms with Crippen LogP contribution in [0.2, 0.25) is 0 Å². The number of hydrogen-bond acceptors (Lipinski definition) is 4. The van der Waals surface area contributed by atoms with Crippen LogP contribution in [-0.2, 0) is 16.1 Å². The largest absolute Gasteiger partial charge is 0.484 e. The van der Waals surface area contributed by atoms with Crippen molar-refractivity contribution in [2.45, 2.75) is 32.9 Å². The normalized spacial score (nSPS) is 11.4. The first kappa shape index (κ1) is 17.0. The summed E-state index contributed by atoms with van der Waals surface area (Å²) in [6, 6.07) is 7.16. The molecule has 6 heteroatoms. The fraction of sp³-hybridized carbons (Fsp3) is 0.467. The highest BCUT2D eigenvalue weighted by Crippen LogP contribution is 2.19. The maximum absolute atomic E-state index is 10.9. The molecule has 0 bridgehead atoms. The smallest absolute Gasteiger partial charge is 0.317 e. The number of carboxylic acid groups (broad SMARTS) is 1. The molecule has 116 valence electrons. The number of carbonyl (C=O) groups excluding carboxylic acids is 1. The molecule has 0 spiro atoms. The minimum absolute atomic E-state index is 0.0244. The number of benzene rings is 1. The summed E-state index contributed by atoms with van der Waals surface area (Å²) < 4.78 is 5.18. The molecular weight excluding hydrogens is 272 g/mol. The van der Waals surface area contributed by atoms with Crippen LogP contribution in [0.25, 0.3) is 0 Å². The van der Waals surface area contributed by atoms with Gasteiger partial charge in [0.15, 0.2) is 6.61 Å². The summed E-state index contributed by atoms with van der Waals surface area (Å²) in [6.07, 6.45) is 0. The topological polar surface area (TPSA) is 92.9 Å². The van der Waals surface area contributed by atoms with Gasteiger partial charge in [0.25, 0.3) is 5.91 Å². The summed E-state index contributed by atoms with van der Waals surface area (Å²) in [4.78, 5) is 23.4. The third-order valence-electron chi connectivity index (χ3n) is 2.95. The van der Waals surface area contributed by atoms with E-state index in [4.69, 9.17) is 15.6 Å². The molecule has 21 heavy (non-hydrogen) atoms. The van der Waals surface area contributed by atoms with E-state index in [1.54, 1.807) is 12.1 Å². The second-order valence-electron chi connectivity index (χ2n) is 5.82. The molecule has 0 radical (unpaired) electrons. The summed E-state index contributed by atoms with van der Waals surface area (Å²) >= 11 is 0. The van der Waals surface area contributed by atoms with Crippen LogP contribution in [0.15, 0.2) is 24.3 Å². The Morgan fingerprint density at radius 3 is 2.24 bits per heavy atom. The highest BCUT2D eigenvalue weighted by molar-refractivity contribution is 5.75. The van der Waals surface area contributed by atoms with Crippen LogP contribution in [0.1, 0.15) is 26.3 Å². The van der Waals surface area contributed by atoms with Gasteiger partial charge in [0.1, 0.15) is 5.75 Å². The molecule has 0 aliphatic rings. The molecule has 0 saturated carbocycles. The zero-order valence-electron chi connectivity index (χ0n) is 12.6. The second-order valence-corrected chi connectivity index (χ2v) is 5.82.